The molecule has 4 N–H and O–H groups in total. The summed E-state index contributed by atoms with van der Waals surface area (Å²) >= 11 is 0. The zero-order chi connectivity index (χ0) is 22.8. The second-order valence-corrected chi connectivity index (χ2v) is 8.43. The van der Waals surface area contributed by atoms with Gasteiger partial charge in [0, 0.05) is 37.4 Å². The number of hydrogen-bond acceptors (Lipinski definition) is 6. The summed E-state index contributed by atoms with van der Waals surface area (Å²) in [4.78, 5) is 13.6. The molecular formula is C25H36N6O. The second kappa shape index (κ2) is 12.2. The average molecular weight is 437 g/mol. The number of aldehydes is 1. The van der Waals surface area contributed by atoms with E-state index in [2.05, 4.69) is 63.6 Å². The monoisotopic (exact) mass is 436 g/mol. The molecule has 0 atom stereocenters. The predicted octanol–water partition coefficient (Wildman–Crippen LogP) is 3.38. The number of carbonyl (C=O) groups is 1. The summed E-state index contributed by atoms with van der Waals surface area (Å²) in [7, 11) is 0. The van der Waals surface area contributed by atoms with Crippen molar-refractivity contribution in [1.82, 2.24) is 15.1 Å². The minimum Gasteiger partial charge on any atom is -0.387 e. The first-order valence-electron chi connectivity index (χ1n) is 11.6. The normalized spacial score (nSPS) is 14.9. The fourth-order valence-corrected chi connectivity index (χ4v) is 3.53. The van der Waals surface area contributed by atoms with E-state index in [-0.39, 0.29) is 0 Å². The van der Waals surface area contributed by atoms with E-state index in [0.29, 0.717) is 24.2 Å². The van der Waals surface area contributed by atoms with Crippen molar-refractivity contribution >= 4 is 17.8 Å². The Bertz CT molecular complexity index is 942. The number of aliphatic imine (C=N–C) groups is 1. The fourth-order valence-electron chi connectivity index (χ4n) is 3.53. The number of rotatable bonds is 11. The lowest BCUT2D eigenvalue weighted by molar-refractivity contribution is -0.104. The molecule has 0 spiro atoms. The van der Waals surface area contributed by atoms with Gasteiger partial charge in [0.1, 0.15) is 11.5 Å². The highest BCUT2D eigenvalue weighted by molar-refractivity contribution is 5.91. The molecule has 0 amide bonds. The van der Waals surface area contributed by atoms with Gasteiger partial charge in [0.05, 0.1) is 6.20 Å². The van der Waals surface area contributed by atoms with Crippen LogP contribution in [0.1, 0.15) is 49.3 Å². The summed E-state index contributed by atoms with van der Waals surface area (Å²) in [5, 5.41) is 11.5. The standard InChI is InChI=1S/C20H30N4.C5H6N2O/c1-3-21-20-13-17(6-5-16(20)2)7-8-18-14-23-24(15-18)12-4-11-22-19-9-10-19;6-5-2-1-4(3-8)7-5/h5-6,13-15,19,21-22H,3-4,7-12H2,1-2H3;1,3H,2H2,(H2,6,7). The van der Waals surface area contributed by atoms with E-state index in [4.69, 9.17) is 5.73 Å². The Morgan fingerprint density at radius 1 is 1.25 bits per heavy atom. The first-order chi connectivity index (χ1) is 15.6. The molecule has 172 valence electrons. The van der Waals surface area contributed by atoms with E-state index in [9.17, 15) is 4.79 Å². The Labute approximate surface area is 191 Å². The van der Waals surface area contributed by atoms with E-state index in [1.807, 2.05) is 6.20 Å². The summed E-state index contributed by atoms with van der Waals surface area (Å²) in [6.07, 6.45) is 13.2. The lowest BCUT2D eigenvalue weighted by Gasteiger charge is -2.09. The van der Waals surface area contributed by atoms with Crippen molar-refractivity contribution in [3.63, 3.8) is 0 Å². The SMILES string of the molecule is CCNc1cc(CCc2cnn(CCCNC3CC3)c2)ccc1C.NC1=NC(C=O)=CC1. The summed E-state index contributed by atoms with van der Waals surface area (Å²) in [6.45, 7) is 7.38. The molecule has 0 bridgehead atoms. The van der Waals surface area contributed by atoms with Crippen LogP contribution < -0.4 is 16.4 Å². The van der Waals surface area contributed by atoms with Gasteiger partial charge in [-0.3, -0.25) is 9.48 Å². The molecule has 1 aromatic carbocycles. The summed E-state index contributed by atoms with van der Waals surface area (Å²) in [5.41, 5.74) is 11.0. The van der Waals surface area contributed by atoms with Gasteiger partial charge < -0.3 is 16.4 Å². The minimum absolute atomic E-state index is 0.447. The first-order valence-corrected chi connectivity index (χ1v) is 11.6. The number of anilines is 1. The molecule has 7 heteroatoms. The minimum atomic E-state index is 0.447. The highest BCUT2D eigenvalue weighted by Gasteiger charge is 2.19. The van der Waals surface area contributed by atoms with Crippen LogP contribution in [0.4, 0.5) is 5.69 Å². The van der Waals surface area contributed by atoms with Crippen molar-refractivity contribution in [2.24, 2.45) is 10.7 Å². The zero-order valence-electron chi connectivity index (χ0n) is 19.3. The lowest BCUT2D eigenvalue weighted by atomic mass is 10.0. The van der Waals surface area contributed by atoms with Gasteiger partial charge in [-0.05, 0) is 81.3 Å². The number of allylic oxidation sites excluding steroid dienone is 1. The molecule has 7 nitrogen and oxygen atoms in total. The molecular weight excluding hydrogens is 400 g/mol. The van der Waals surface area contributed by atoms with Crippen molar-refractivity contribution < 1.29 is 4.79 Å². The van der Waals surface area contributed by atoms with Crippen molar-refractivity contribution in [2.75, 3.05) is 18.4 Å². The summed E-state index contributed by atoms with van der Waals surface area (Å²) < 4.78 is 2.09. The number of hydrogen-bond donors (Lipinski definition) is 3. The third kappa shape index (κ3) is 7.96. The van der Waals surface area contributed by atoms with Crippen molar-refractivity contribution in [1.29, 1.82) is 0 Å². The first kappa shape index (κ1) is 23.7. The fraction of sp³-hybridized carbons (Fsp3) is 0.480. The van der Waals surface area contributed by atoms with Crippen LogP contribution in [0, 0.1) is 6.92 Å². The van der Waals surface area contributed by atoms with Crippen LogP contribution in [0.2, 0.25) is 0 Å². The summed E-state index contributed by atoms with van der Waals surface area (Å²) in [6, 6.07) is 7.54. The largest absolute Gasteiger partial charge is 0.387 e. The number of aromatic nitrogens is 2. The molecule has 0 unspecified atom stereocenters. The van der Waals surface area contributed by atoms with Crippen LogP contribution in [0.25, 0.3) is 0 Å². The Balaban J connectivity index is 0.000000305. The van der Waals surface area contributed by atoms with E-state index in [1.54, 1.807) is 6.08 Å². The van der Waals surface area contributed by atoms with Crippen LogP contribution in [0.5, 0.6) is 0 Å². The van der Waals surface area contributed by atoms with Crippen LogP contribution in [0.3, 0.4) is 0 Å². The molecule has 2 aliphatic rings. The van der Waals surface area contributed by atoms with E-state index in [0.717, 1.165) is 44.9 Å². The van der Waals surface area contributed by atoms with Gasteiger partial charge in [0.25, 0.3) is 0 Å². The Kier molecular flexibility index (Phi) is 9.04. The maximum atomic E-state index is 9.92. The van der Waals surface area contributed by atoms with Crippen molar-refractivity contribution in [3.8, 4) is 0 Å². The molecule has 1 saturated carbocycles. The van der Waals surface area contributed by atoms with Gasteiger partial charge >= 0.3 is 0 Å². The van der Waals surface area contributed by atoms with Crippen LogP contribution in [-0.2, 0) is 24.2 Å². The molecule has 0 saturated heterocycles. The van der Waals surface area contributed by atoms with E-state index >= 15 is 0 Å². The van der Waals surface area contributed by atoms with Crippen LogP contribution >= 0.6 is 0 Å². The van der Waals surface area contributed by atoms with Gasteiger partial charge in [-0.2, -0.15) is 5.10 Å². The molecule has 32 heavy (non-hydrogen) atoms. The third-order valence-electron chi connectivity index (χ3n) is 5.55. The van der Waals surface area contributed by atoms with Crippen molar-refractivity contribution in [2.45, 2.75) is 65.0 Å². The van der Waals surface area contributed by atoms with E-state index < -0.39 is 0 Å². The number of benzene rings is 1. The van der Waals surface area contributed by atoms with Gasteiger partial charge in [0.2, 0.25) is 0 Å². The van der Waals surface area contributed by atoms with Gasteiger partial charge in [-0.15, -0.1) is 0 Å². The van der Waals surface area contributed by atoms with Crippen LogP contribution in [-0.4, -0.2) is 41.0 Å². The maximum Gasteiger partial charge on any atom is 0.168 e. The lowest BCUT2D eigenvalue weighted by Crippen LogP contribution is -2.19. The van der Waals surface area contributed by atoms with Gasteiger partial charge in [-0.25, -0.2) is 4.99 Å². The molecule has 0 radical (unpaired) electrons. The molecule has 2 aromatic rings. The topological polar surface area (TPSA) is 97.3 Å². The number of aryl methyl sites for hydroxylation is 4. The van der Waals surface area contributed by atoms with Crippen LogP contribution in [0.15, 0.2) is 47.4 Å². The zero-order valence-corrected chi connectivity index (χ0v) is 19.3. The average Bonchev–Trinajstić information content (AvgIpc) is 3.34. The second-order valence-electron chi connectivity index (χ2n) is 8.43. The summed E-state index contributed by atoms with van der Waals surface area (Å²) in [5.74, 6) is 0.520. The maximum absolute atomic E-state index is 9.92. The molecule has 1 aliphatic carbocycles. The molecule has 4 rings (SSSR count). The van der Waals surface area contributed by atoms with Gasteiger partial charge in [-0.1, -0.05) is 12.1 Å². The number of nitrogens with two attached hydrogens (primary N) is 1. The molecule has 2 heterocycles. The molecule has 1 fully saturated rings. The third-order valence-corrected chi connectivity index (χ3v) is 5.55. The van der Waals surface area contributed by atoms with E-state index in [1.165, 1.54) is 35.2 Å². The Morgan fingerprint density at radius 2 is 2.06 bits per heavy atom. The van der Waals surface area contributed by atoms with Crippen molar-refractivity contribution in [3.05, 3.63) is 59.1 Å². The predicted molar refractivity (Wildman–Crippen MR) is 131 cm³/mol. The number of nitrogens with one attached hydrogen (secondary N) is 2. The quantitative estimate of drug-likeness (QED) is 0.371. The smallest absolute Gasteiger partial charge is 0.168 e. The van der Waals surface area contributed by atoms with Gasteiger partial charge in [0.15, 0.2) is 6.29 Å². The number of nitrogens with zero attached hydrogens (tertiary/aromatic N) is 3. The Hall–Kier alpha value is -2.93. The number of amidine groups is 1. The molecule has 1 aromatic heterocycles. The highest BCUT2D eigenvalue weighted by Crippen LogP contribution is 2.19. The highest BCUT2D eigenvalue weighted by atomic mass is 16.1. The molecule has 1 aliphatic heterocycles. The Morgan fingerprint density at radius 3 is 2.72 bits per heavy atom. The number of carbonyl (C=O) groups excluding carboxylic acids is 1.